The van der Waals surface area contributed by atoms with E-state index in [1.807, 2.05) is 6.26 Å². The van der Waals surface area contributed by atoms with Crippen LogP contribution in [0.1, 0.15) is 5.56 Å². The molecule has 5 nitrogen and oxygen atoms in total. The molecule has 0 bridgehead atoms. The number of rotatable bonds is 4. The number of aromatic nitrogens is 2. The largest absolute Gasteiger partial charge is 0.388 e. The van der Waals surface area contributed by atoms with Gasteiger partial charge in [0.2, 0.25) is 0 Å². The van der Waals surface area contributed by atoms with Crippen molar-refractivity contribution in [2.24, 2.45) is 0 Å². The van der Waals surface area contributed by atoms with Crippen LogP contribution in [-0.2, 0) is 4.74 Å². The SMILES string of the molecule is C=Cc1cnc(SC)nc1NC1COCC1O. The molecule has 2 unspecified atom stereocenters. The average molecular weight is 253 g/mol. The van der Waals surface area contributed by atoms with E-state index in [9.17, 15) is 5.11 Å². The molecule has 0 spiro atoms. The van der Waals surface area contributed by atoms with Crippen molar-refractivity contribution in [3.8, 4) is 0 Å². The van der Waals surface area contributed by atoms with E-state index < -0.39 is 6.10 Å². The van der Waals surface area contributed by atoms with E-state index in [1.54, 1.807) is 12.3 Å². The first-order chi connectivity index (χ1) is 8.24. The van der Waals surface area contributed by atoms with Gasteiger partial charge in [-0.15, -0.1) is 0 Å². The highest BCUT2D eigenvalue weighted by Gasteiger charge is 2.26. The fourth-order valence-electron chi connectivity index (χ4n) is 1.59. The molecule has 1 aliphatic rings. The van der Waals surface area contributed by atoms with Gasteiger partial charge in [0.15, 0.2) is 5.16 Å². The molecule has 0 aliphatic carbocycles. The standard InChI is InChI=1S/C11H15N3O2S/c1-3-7-4-12-11(17-2)14-10(7)13-8-5-16-6-9(8)15/h3-4,8-9,15H,1,5-6H2,2H3,(H,12,13,14). The predicted molar refractivity (Wildman–Crippen MR) is 68.1 cm³/mol. The Labute approximate surface area is 104 Å². The molecule has 0 amide bonds. The Balaban J connectivity index is 2.20. The summed E-state index contributed by atoms with van der Waals surface area (Å²) in [5.74, 6) is 0.689. The van der Waals surface area contributed by atoms with E-state index in [1.165, 1.54) is 11.8 Å². The highest BCUT2D eigenvalue weighted by molar-refractivity contribution is 7.98. The van der Waals surface area contributed by atoms with Crippen LogP contribution in [0, 0.1) is 0 Å². The zero-order chi connectivity index (χ0) is 12.3. The molecule has 92 valence electrons. The van der Waals surface area contributed by atoms with Crippen molar-refractivity contribution in [2.75, 3.05) is 24.8 Å². The van der Waals surface area contributed by atoms with Gasteiger partial charge in [0.05, 0.1) is 25.4 Å². The summed E-state index contributed by atoms with van der Waals surface area (Å²) in [6.07, 6.45) is 4.82. The molecule has 2 heterocycles. The number of nitrogens with zero attached hydrogens (tertiary/aromatic N) is 2. The third-order valence-corrected chi connectivity index (χ3v) is 3.13. The van der Waals surface area contributed by atoms with Crippen LogP contribution >= 0.6 is 11.8 Å². The first kappa shape index (κ1) is 12.3. The molecule has 2 atom stereocenters. The van der Waals surface area contributed by atoms with E-state index in [-0.39, 0.29) is 6.04 Å². The van der Waals surface area contributed by atoms with Gasteiger partial charge in [-0.05, 0) is 6.26 Å². The van der Waals surface area contributed by atoms with Crippen molar-refractivity contribution < 1.29 is 9.84 Å². The molecular weight excluding hydrogens is 238 g/mol. The lowest BCUT2D eigenvalue weighted by Gasteiger charge is -2.16. The molecule has 17 heavy (non-hydrogen) atoms. The van der Waals surface area contributed by atoms with Gasteiger partial charge in [-0.1, -0.05) is 24.4 Å². The predicted octanol–water partition coefficient (Wildman–Crippen LogP) is 1.01. The summed E-state index contributed by atoms with van der Waals surface area (Å²) in [5.41, 5.74) is 0.821. The zero-order valence-corrected chi connectivity index (χ0v) is 10.4. The van der Waals surface area contributed by atoms with E-state index in [4.69, 9.17) is 4.74 Å². The molecule has 1 aromatic rings. The summed E-state index contributed by atoms with van der Waals surface area (Å²) < 4.78 is 5.18. The fourth-order valence-corrected chi connectivity index (χ4v) is 1.94. The molecule has 1 aromatic heterocycles. The van der Waals surface area contributed by atoms with Crippen LogP contribution < -0.4 is 5.32 Å². The summed E-state index contributed by atoms with van der Waals surface area (Å²) in [4.78, 5) is 8.53. The van der Waals surface area contributed by atoms with E-state index >= 15 is 0 Å². The van der Waals surface area contributed by atoms with Crippen molar-refractivity contribution in [3.05, 3.63) is 18.3 Å². The number of hydrogen-bond donors (Lipinski definition) is 2. The quantitative estimate of drug-likeness (QED) is 0.616. The Morgan fingerprint density at radius 3 is 3.06 bits per heavy atom. The molecule has 0 radical (unpaired) electrons. The smallest absolute Gasteiger partial charge is 0.189 e. The number of anilines is 1. The molecule has 0 aromatic carbocycles. The van der Waals surface area contributed by atoms with Crippen molar-refractivity contribution in [3.63, 3.8) is 0 Å². The number of aliphatic hydroxyl groups excluding tert-OH is 1. The van der Waals surface area contributed by atoms with Crippen molar-refractivity contribution >= 4 is 23.7 Å². The molecule has 1 fully saturated rings. The summed E-state index contributed by atoms with van der Waals surface area (Å²) in [6.45, 7) is 4.57. The molecule has 6 heteroatoms. The molecule has 1 saturated heterocycles. The monoisotopic (exact) mass is 253 g/mol. The zero-order valence-electron chi connectivity index (χ0n) is 9.59. The van der Waals surface area contributed by atoms with Crippen LogP contribution in [0.4, 0.5) is 5.82 Å². The third-order valence-electron chi connectivity index (χ3n) is 2.57. The molecule has 2 N–H and O–H groups in total. The second-order valence-electron chi connectivity index (χ2n) is 3.72. The van der Waals surface area contributed by atoms with E-state index in [0.29, 0.717) is 24.2 Å². The van der Waals surface area contributed by atoms with E-state index in [0.717, 1.165) is 5.56 Å². The first-order valence-electron chi connectivity index (χ1n) is 5.30. The second kappa shape index (κ2) is 5.48. The van der Waals surface area contributed by atoms with Gasteiger partial charge in [-0.3, -0.25) is 0 Å². The highest BCUT2D eigenvalue weighted by atomic mass is 32.2. The molecule has 0 saturated carbocycles. The molecular formula is C11H15N3O2S. The number of hydrogen-bond acceptors (Lipinski definition) is 6. The lowest BCUT2D eigenvalue weighted by Crippen LogP contribution is -2.32. The number of nitrogens with one attached hydrogen (secondary N) is 1. The van der Waals surface area contributed by atoms with Crippen molar-refractivity contribution in [2.45, 2.75) is 17.3 Å². The maximum Gasteiger partial charge on any atom is 0.189 e. The Morgan fingerprint density at radius 1 is 1.65 bits per heavy atom. The summed E-state index contributed by atoms with van der Waals surface area (Å²) in [6, 6.07) is -0.127. The lowest BCUT2D eigenvalue weighted by atomic mass is 10.2. The van der Waals surface area contributed by atoms with Gasteiger partial charge >= 0.3 is 0 Å². The Bertz CT molecular complexity index is 414. The van der Waals surface area contributed by atoms with Crippen LogP contribution in [0.2, 0.25) is 0 Å². The lowest BCUT2D eigenvalue weighted by molar-refractivity contribution is 0.125. The van der Waals surface area contributed by atoms with Gasteiger partial charge in [-0.25, -0.2) is 9.97 Å². The van der Waals surface area contributed by atoms with Gasteiger partial charge in [0, 0.05) is 11.8 Å². The van der Waals surface area contributed by atoms with Crippen LogP contribution in [-0.4, -0.2) is 46.7 Å². The maximum atomic E-state index is 9.68. The van der Waals surface area contributed by atoms with Crippen LogP contribution in [0.25, 0.3) is 6.08 Å². The normalized spacial score (nSPS) is 23.6. The summed E-state index contributed by atoms with van der Waals surface area (Å²) >= 11 is 1.47. The average Bonchev–Trinajstić information content (AvgIpc) is 2.75. The Kier molecular flexibility index (Phi) is 3.98. The van der Waals surface area contributed by atoms with Crippen LogP contribution in [0.5, 0.6) is 0 Å². The summed E-state index contributed by atoms with van der Waals surface area (Å²) in [7, 11) is 0. The minimum Gasteiger partial charge on any atom is -0.388 e. The fraction of sp³-hybridized carbons (Fsp3) is 0.455. The van der Waals surface area contributed by atoms with Crippen molar-refractivity contribution in [1.29, 1.82) is 0 Å². The third kappa shape index (κ3) is 2.77. The first-order valence-corrected chi connectivity index (χ1v) is 6.53. The maximum absolute atomic E-state index is 9.68. The van der Waals surface area contributed by atoms with Gasteiger partial charge in [0.25, 0.3) is 0 Å². The number of aliphatic hydroxyl groups is 1. The highest BCUT2D eigenvalue weighted by Crippen LogP contribution is 2.20. The van der Waals surface area contributed by atoms with Gasteiger partial charge in [-0.2, -0.15) is 0 Å². The Hall–Kier alpha value is -1.11. The van der Waals surface area contributed by atoms with Gasteiger partial charge < -0.3 is 15.2 Å². The summed E-state index contributed by atoms with van der Waals surface area (Å²) in [5, 5.41) is 13.5. The topological polar surface area (TPSA) is 67.3 Å². The minimum atomic E-state index is -0.500. The second-order valence-corrected chi connectivity index (χ2v) is 4.49. The molecule has 1 aliphatic heterocycles. The van der Waals surface area contributed by atoms with Crippen LogP contribution in [0.3, 0.4) is 0 Å². The minimum absolute atomic E-state index is 0.127. The number of thioether (sulfide) groups is 1. The van der Waals surface area contributed by atoms with Crippen LogP contribution in [0.15, 0.2) is 17.9 Å². The van der Waals surface area contributed by atoms with Gasteiger partial charge in [0.1, 0.15) is 5.82 Å². The van der Waals surface area contributed by atoms with E-state index in [2.05, 4.69) is 21.9 Å². The molecule has 2 rings (SSSR count). The number of ether oxygens (including phenoxy) is 1. The van der Waals surface area contributed by atoms with Crippen molar-refractivity contribution in [1.82, 2.24) is 9.97 Å². The Morgan fingerprint density at radius 2 is 2.47 bits per heavy atom.